The lowest BCUT2D eigenvalue weighted by molar-refractivity contribution is 0.0695. The molecule has 0 radical (unpaired) electrons. The number of rotatable bonds is 5. The van der Waals surface area contributed by atoms with Crippen molar-refractivity contribution in [2.75, 3.05) is 20.0 Å². The maximum atomic E-state index is 12.0. The lowest BCUT2D eigenvalue weighted by Crippen LogP contribution is -2.24. The number of methoxy groups -OCH3 is 2. The molecule has 0 bridgehead atoms. The highest BCUT2D eigenvalue weighted by atomic mass is 79.9. The monoisotopic (exact) mass is 412 g/mol. The van der Waals surface area contributed by atoms with Gasteiger partial charge in [0.05, 0.1) is 14.2 Å². The SMILES string of the molecule is COc1cc(-c2c(C(=O)O)c(N)[nH]c(=O)c2C(=O)O)cc(OC)c1Br. The van der Waals surface area contributed by atoms with E-state index in [9.17, 15) is 24.6 Å². The molecule has 1 aromatic heterocycles. The van der Waals surface area contributed by atoms with E-state index in [0.717, 1.165) is 0 Å². The fourth-order valence-corrected chi connectivity index (χ4v) is 2.90. The van der Waals surface area contributed by atoms with Gasteiger partial charge in [0, 0.05) is 5.56 Å². The number of nitrogens with two attached hydrogens (primary N) is 1. The van der Waals surface area contributed by atoms with E-state index < -0.39 is 34.4 Å². The van der Waals surface area contributed by atoms with Crippen LogP contribution in [-0.4, -0.2) is 41.4 Å². The average molecular weight is 413 g/mol. The first kappa shape index (κ1) is 18.3. The average Bonchev–Trinajstić information content (AvgIpc) is 2.53. The molecule has 0 aliphatic carbocycles. The zero-order valence-corrected chi connectivity index (χ0v) is 14.6. The molecule has 0 atom stereocenters. The number of carboxylic acids is 2. The normalized spacial score (nSPS) is 10.4. The van der Waals surface area contributed by atoms with Gasteiger partial charge in [-0.05, 0) is 33.6 Å². The number of ether oxygens (including phenoxy) is 2. The van der Waals surface area contributed by atoms with E-state index in [1.165, 1.54) is 26.4 Å². The molecule has 10 heteroatoms. The Bertz CT molecular complexity index is 911. The predicted octanol–water partition coefficient (Wildman–Crippen LogP) is 1.80. The van der Waals surface area contributed by atoms with E-state index in [1.807, 2.05) is 4.98 Å². The minimum atomic E-state index is -1.60. The lowest BCUT2D eigenvalue weighted by atomic mass is 9.95. The number of carbonyl (C=O) groups is 2. The Morgan fingerprint density at radius 2 is 1.56 bits per heavy atom. The molecule has 0 spiro atoms. The van der Waals surface area contributed by atoms with E-state index in [4.69, 9.17) is 15.2 Å². The zero-order chi connectivity index (χ0) is 18.9. The quantitative estimate of drug-likeness (QED) is 0.579. The predicted molar refractivity (Wildman–Crippen MR) is 91.6 cm³/mol. The Morgan fingerprint density at radius 1 is 1.08 bits per heavy atom. The number of nitrogen functional groups attached to an aromatic ring is 1. The molecular formula is C15H13BrN2O7. The number of aromatic carboxylic acids is 2. The number of aromatic amines is 1. The third kappa shape index (κ3) is 3.15. The number of hydrogen-bond donors (Lipinski definition) is 4. The Kier molecular flexibility index (Phi) is 5.02. The number of carboxylic acid groups (broad SMARTS) is 2. The number of aromatic nitrogens is 1. The summed E-state index contributed by atoms with van der Waals surface area (Å²) in [6, 6.07) is 2.75. The number of pyridine rings is 1. The van der Waals surface area contributed by atoms with E-state index in [0.29, 0.717) is 4.47 Å². The Morgan fingerprint density at radius 3 is 1.96 bits per heavy atom. The molecule has 1 aromatic carbocycles. The van der Waals surface area contributed by atoms with Crippen molar-refractivity contribution in [2.45, 2.75) is 0 Å². The third-order valence-corrected chi connectivity index (χ3v) is 4.19. The molecule has 0 unspecified atom stereocenters. The van der Waals surface area contributed by atoms with Crippen molar-refractivity contribution in [3.05, 3.63) is 38.1 Å². The number of nitrogens with one attached hydrogen (secondary N) is 1. The molecule has 0 aliphatic rings. The molecule has 0 saturated heterocycles. The first-order valence-corrected chi connectivity index (χ1v) is 7.46. The van der Waals surface area contributed by atoms with Crippen LogP contribution in [0.15, 0.2) is 21.4 Å². The molecule has 0 aliphatic heterocycles. The van der Waals surface area contributed by atoms with Crippen molar-refractivity contribution in [1.29, 1.82) is 0 Å². The Labute approximate surface area is 149 Å². The van der Waals surface area contributed by atoms with Crippen LogP contribution in [0.2, 0.25) is 0 Å². The van der Waals surface area contributed by atoms with Crippen LogP contribution in [0.3, 0.4) is 0 Å². The van der Waals surface area contributed by atoms with Crippen LogP contribution in [-0.2, 0) is 0 Å². The highest BCUT2D eigenvalue weighted by molar-refractivity contribution is 9.10. The molecule has 5 N–H and O–H groups in total. The van der Waals surface area contributed by atoms with Gasteiger partial charge in [-0.1, -0.05) is 0 Å². The number of anilines is 1. The highest BCUT2D eigenvalue weighted by Crippen LogP contribution is 2.40. The largest absolute Gasteiger partial charge is 0.495 e. The Balaban J connectivity index is 3.03. The number of halogens is 1. The van der Waals surface area contributed by atoms with Crippen LogP contribution in [0.4, 0.5) is 5.82 Å². The van der Waals surface area contributed by atoms with Gasteiger partial charge in [-0.15, -0.1) is 0 Å². The van der Waals surface area contributed by atoms with E-state index in [-0.39, 0.29) is 22.6 Å². The number of H-pyrrole nitrogens is 1. The van der Waals surface area contributed by atoms with Gasteiger partial charge in [-0.25, -0.2) is 9.59 Å². The highest BCUT2D eigenvalue weighted by Gasteiger charge is 2.27. The van der Waals surface area contributed by atoms with Gasteiger partial charge in [-0.3, -0.25) is 4.79 Å². The van der Waals surface area contributed by atoms with E-state index in [1.54, 1.807) is 0 Å². The molecule has 0 fully saturated rings. The minimum Gasteiger partial charge on any atom is -0.495 e. The topological polar surface area (TPSA) is 152 Å². The van der Waals surface area contributed by atoms with Crippen LogP contribution < -0.4 is 20.8 Å². The minimum absolute atomic E-state index is 0.0875. The molecular weight excluding hydrogens is 400 g/mol. The molecule has 2 aromatic rings. The summed E-state index contributed by atoms with van der Waals surface area (Å²) in [5.41, 5.74) is 3.03. The summed E-state index contributed by atoms with van der Waals surface area (Å²) in [6.45, 7) is 0. The summed E-state index contributed by atoms with van der Waals surface area (Å²) in [4.78, 5) is 37.2. The second-order valence-electron chi connectivity index (χ2n) is 4.80. The van der Waals surface area contributed by atoms with E-state index >= 15 is 0 Å². The molecule has 2 rings (SSSR count). The van der Waals surface area contributed by atoms with Gasteiger partial charge in [-0.2, -0.15) is 0 Å². The van der Waals surface area contributed by atoms with Crippen LogP contribution >= 0.6 is 15.9 Å². The fraction of sp³-hybridized carbons (Fsp3) is 0.133. The third-order valence-electron chi connectivity index (χ3n) is 3.41. The van der Waals surface area contributed by atoms with Crippen LogP contribution in [0.5, 0.6) is 11.5 Å². The molecule has 0 amide bonds. The molecule has 25 heavy (non-hydrogen) atoms. The molecule has 1 heterocycles. The maximum Gasteiger partial charge on any atom is 0.342 e. The van der Waals surface area contributed by atoms with Crippen molar-refractivity contribution in [1.82, 2.24) is 4.98 Å². The molecule has 132 valence electrons. The van der Waals surface area contributed by atoms with Gasteiger partial charge in [0.2, 0.25) is 0 Å². The fourth-order valence-electron chi connectivity index (χ4n) is 2.35. The van der Waals surface area contributed by atoms with Crippen molar-refractivity contribution < 1.29 is 29.3 Å². The standard InChI is InChI=1S/C15H13BrN2O7/c1-24-6-3-5(4-7(25-2)11(6)16)8-9(14(20)21)12(17)18-13(19)10(8)15(22)23/h3-4H,1-2H3,(H,20,21)(H,22,23)(H3,17,18,19). The van der Waals surface area contributed by atoms with Crippen LogP contribution in [0.1, 0.15) is 20.7 Å². The summed E-state index contributed by atoms with van der Waals surface area (Å²) in [7, 11) is 2.73. The first-order valence-electron chi connectivity index (χ1n) is 6.67. The maximum absolute atomic E-state index is 12.0. The van der Waals surface area contributed by atoms with Gasteiger partial charge in [0.15, 0.2) is 0 Å². The molecule has 9 nitrogen and oxygen atoms in total. The van der Waals surface area contributed by atoms with Crippen molar-refractivity contribution in [3.63, 3.8) is 0 Å². The second kappa shape index (κ2) is 6.85. The summed E-state index contributed by atoms with van der Waals surface area (Å²) in [6.07, 6.45) is 0. The summed E-state index contributed by atoms with van der Waals surface area (Å²) < 4.78 is 10.8. The van der Waals surface area contributed by atoms with E-state index in [2.05, 4.69) is 15.9 Å². The van der Waals surface area contributed by atoms with Crippen LogP contribution in [0.25, 0.3) is 11.1 Å². The number of benzene rings is 1. The zero-order valence-electron chi connectivity index (χ0n) is 13.0. The Hall–Kier alpha value is -3.01. The summed E-state index contributed by atoms with van der Waals surface area (Å²) in [5, 5.41) is 18.8. The smallest absolute Gasteiger partial charge is 0.342 e. The van der Waals surface area contributed by atoms with Crippen molar-refractivity contribution in [2.24, 2.45) is 0 Å². The van der Waals surface area contributed by atoms with Crippen molar-refractivity contribution in [3.8, 4) is 22.6 Å². The summed E-state index contributed by atoms with van der Waals surface area (Å²) >= 11 is 3.26. The summed E-state index contributed by atoms with van der Waals surface area (Å²) in [5.74, 6) is -3.05. The lowest BCUT2D eigenvalue weighted by Gasteiger charge is -2.15. The van der Waals surface area contributed by atoms with Crippen LogP contribution in [0, 0.1) is 0 Å². The second-order valence-corrected chi connectivity index (χ2v) is 5.59. The van der Waals surface area contributed by atoms with Gasteiger partial charge in [0.25, 0.3) is 5.56 Å². The van der Waals surface area contributed by atoms with Gasteiger partial charge < -0.3 is 30.4 Å². The van der Waals surface area contributed by atoms with Crippen molar-refractivity contribution >= 4 is 33.7 Å². The van der Waals surface area contributed by atoms with Gasteiger partial charge >= 0.3 is 11.9 Å². The molecule has 0 saturated carbocycles. The number of hydrogen-bond acceptors (Lipinski definition) is 6. The first-order chi connectivity index (χ1) is 11.7. The van der Waals surface area contributed by atoms with Gasteiger partial charge in [0.1, 0.15) is 32.9 Å².